The van der Waals surface area contributed by atoms with Crippen LogP contribution < -0.4 is 0 Å². The van der Waals surface area contributed by atoms with Gasteiger partial charge in [-0.25, -0.2) is 0 Å². The van der Waals surface area contributed by atoms with Gasteiger partial charge in [-0.2, -0.15) is 0 Å². The number of aliphatic hydroxyl groups is 3. The zero-order valence-corrected chi connectivity index (χ0v) is 10.2. The molecule has 0 amide bonds. The summed E-state index contributed by atoms with van der Waals surface area (Å²) in [6, 6.07) is 4.49. The van der Waals surface area contributed by atoms with E-state index in [4.69, 9.17) is 16.7 Å². The van der Waals surface area contributed by atoms with Crippen LogP contribution in [0.25, 0.3) is 0 Å². The van der Waals surface area contributed by atoms with Crippen LogP contribution in [0, 0.1) is 0 Å². The van der Waals surface area contributed by atoms with Crippen LogP contribution in [0.1, 0.15) is 35.4 Å². The number of carbonyl (C=O) groups excluding carboxylic acids is 1. The van der Waals surface area contributed by atoms with Crippen LogP contribution in [-0.4, -0.2) is 33.8 Å². The van der Waals surface area contributed by atoms with Crippen LogP contribution in [0.2, 0.25) is 5.02 Å². The smallest absolute Gasteiger partial charge is 0.161 e. The lowest BCUT2D eigenvalue weighted by Gasteiger charge is -2.17. The molecular formula is C12H15ClO4. The van der Waals surface area contributed by atoms with Crippen molar-refractivity contribution < 1.29 is 20.1 Å². The van der Waals surface area contributed by atoms with Gasteiger partial charge in [0.25, 0.3) is 0 Å². The van der Waals surface area contributed by atoms with E-state index in [0.717, 1.165) is 0 Å². The van der Waals surface area contributed by atoms with E-state index in [1.54, 1.807) is 0 Å². The predicted octanol–water partition coefficient (Wildman–Crippen LogP) is 1.32. The van der Waals surface area contributed by atoms with Gasteiger partial charge in [0.15, 0.2) is 5.78 Å². The molecule has 0 aliphatic heterocycles. The summed E-state index contributed by atoms with van der Waals surface area (Å²) in [4.78, 5) is 11.2. The Bertz CT molecular complexity index is 405. The van der Waals surface area contributed by atoms with Crippen molar-refractivity contribution in [1.29, 1.82) is 0 Å². The fourth-order valence-corrected chi connectivity index (χ4v) is 1.84. The molecule has 1 aromatic carbocycles. The maximum atomic E-state index is 11.2. The molecule has 1 rings (SSSR count). The van der Waals surface area contributed by atoms with Crippen LogP contribution in [0.15, 0.2) is 18.2 Å². The van der Waals surface area contributed by atoms with Crippen LogP contribution in [0.4, 0.5) is 0 Å². The second-order valence-corrected chi connectivity index (χ2v) is 4.23. The molecule has 2 atom stereocenters. The highest BCUT2D eigenvalue weighted by Gasteiger charge is 2.19. The van der Waals surface area contributed by atoms with Crippen molar-refractivity contribution in [2.75, 3.05) is 6.61 Å². The molecule has 4 nitrogen and oxygen atoms in total. The van der Waals surface area contributed by atoms with Crippen molar-refractivity contribution in [2.24, 2.45) is 0 Å². The molecule has 5 heteroatoms. The number of rotatable bonds is 5. The van der Waals surface area contributed by atoms with Crippen molar-refractivity contribution >= 4 is 17.4 Å². The Hall–Kier alpha value is -0.940. The third-order valence-electron chi connectivity index (χ3n) is 2.50. The summed E-state index contributed by atoms with van der Waals surface area (Å²) >= 11 is 5.89. The molecular weight excluding hydrogens is 244 g/mol. The van der Waals surface area contributed by atoms with Gasteiger partial charge in [-0.15, -0.1) is 0 Å². The first-order valence-corrected chi connectivity index (χ1v) is 5.62. The van der Waals surface area contributed by atoms with Gasteiger partial charge in [-0.3, -0.25) is 4.79 Å². The monoisotopic (exact) mass is 258 g/mol. The fourth-order valence-electron chi connectivity index (χ4n) is 1.51. The minimum Gasteiger partial charge on any atom is -0.396 e. The molecule has 0 aliphatic rings. The van der Waals surface area contributed by atoms with Crippen molar-refractivity contribution in [3.8, 4) is 0 Å². The molecule has 0 radical (unpaired) electrons. The first-order valence-electron chi connectivity index (χ1n) is 5.24. The van der Waals surface area contributed by atoms with E-state index in [9.17, 15) is 15.0 Å². The van der Waals surface area contributed by atoms with E-state index in [-0.39, 0.29) is 23.8 Å². The number of benzene rings is 1. The Morgan fingerprint density at radius 3 is 2.53 bits per heavy atom. The van der Waals surface area contributed by atoms with Crippen molar-refractivity contribution in [3.63, 3.8) is 0 Å². The van der Waals surface area contributed by atoms with Crippen molar-refractivity contribution in [3.05, 3.63) is 34.3 Å². The lowest BCUT2D eigenvalue weighted by Crippen LogP contribution is -2.19. The molecule has 0 saturated heterocycles. The molecule has 1 aromatic rings. The quantitative estimate of drug-likeness (QED) is 0.696. The Kier molecular flexibility index (Phi) is 5.08. The third-order valence-corrected chi connectivity index (χ3v) is 2.82. The first-order chi connectivity index (χ1) is 7.97. The highest BCUT2D eigenvalue weighted by atomic mass is 35.5. The van der Waals surface area contributed by atoms with Gasteiger partial charge in [-0.05, 0) is 31.0 Å². The van der Waals surface area contributed by atoms with Gasteiger partial charge >= 0.3 is 0 Å². The summed E-state index contributed by atoms with van der Waals surface area (Å²) in [5.41, 5.74) is 0.792. The van der Waals surface area contributed by atoms with Gasteiger partial charge in [0.2, 0.25) is 0 Å². The summed E-state index contributed by atoms with van der Waals surface area (Å²) < 4.78 is 0. The van der Waals surface area contributed by atoms with Gasteiger partial charge in [0.05, 0.1) is 11.1 Å². The number of hydrogen-bond acceptors (Lipinski definition) is 4. The molecule has 0 aromatic heterocycles. The lowest BCUT2D eigenvalue weighted by atomic mass is 10.00. The molecule has 0 bridgehead atoms. The summed E-state index contributed by atoms with van der Waals surface area (Å²) in [7, 11) is 0. The van der Waals surface area contributed by atoms with Crippen LogP contribution >= 0.6 is 11.6 Å². The third kappa shape index (κ3) is 3.51. The van der Waals surface area contributed by atoms with E-state index in [0.29, 0.717) is 11.1 Å². The van der Waals surface area contributed by atoms with Crippen molar-refractivity contribution in [1.82, 2.24) is 0 Å². The summed E-state index contributed by atoms with van der Waals surface area (Å²) in [5, 5.41) is 28.2. The number of Topliss-reactive ketones (excluding diaryl/α,β-unsaturated/α-hetero) is 1. The van der Waals surface area contributed by atoms with Gasteiger partial charge < -0.3 is 15.3 Å². The van der Waals surface area contributed by atoms with Crippen LogP contribution in [0.3, 0.4) is 0 Å². The normalized spacial score (nSPS) is 14.4. The molecule has 17 heavy (non-hydrogen) atoms. The summed E-state index contributed by atoms with van der Waals surface area (Å²) in [5.74, 6) is -0.160. The zero-order chi connectivity index (χ0) is 13.0. The number of hydrogen-bond donors (Lipinski definition) is 3. The summed E-state index contributed by atoms with van der Waals surface area (Å²) in [6.45, 7) is 1.19. The Balaban J connectivity index is 2.93. The molecule has 0 spiro atoms. The first kappa shape index (κ1) is 14.1. The van der Waals surface area contributed by atoms with Crippen LogP contribution in [-0.2, 0) is 0 Å². The Morgan fingerprint density at radius 1 is 1.41 bits per heavy atom. The molecule has 2 unspecified atom stereocenters. The minimum atomic E-state index is -1.12. The molecule has 0 heterocycles. The number of aliphatic hydroxyl groups excluding tert-OH is 3. The number of halogens is 1. The number of ketones is 1. The van der Waals surface area contributed by atoms with Gasteiger partial charge in [0.1, 0.15) is 6.10 Å². The highest BCUT2D eigenvalue weighted by Crippen LogP contribution is 2.25. The van der Waals surface area contributed by atoms with Crippen LogP contribution in [0.5, 0.6) is 0 Å². The van der Waals surface area contributed by atoms with E-state index in [1.165, 1.54) is 25.1 Å². The Labute approximate surface area is 104 Å². The highest BCUT2D eigenvalue weighted by molar-refractivity contribution is 6.33. The number of carbonyl (C=O) groups is 1. The molecule has 0 aliphatic carbocycles. The predicted molar refractivity (Wildman–Crippen MR) is 64.1 cm³/mol. The van der Waals surface area contributed by atoms with E-state index >= 15 is 0 Å². The average Bonchev–Trinajstić information content (AvgIpc) is 2.27. The van der Waals surface area contributed by atoms with Gasteiger partial charge in [0, 0.05) is 12.2 Å². The average molecular weight is 259 g/mol. The minimum absolute atomic E-state index is 0.0766. The van der Waals surface area contributed by atoms with Gasteiger partial charge in [-0.1, -0.05) is 17.7 Å². The molecule has 0 saturated carbocycles. The van der Waals surface area contributed by atoms with Crippen molar-refractivity contribution in [2.45, 2.75) is 25.6 Å². The zero-order valence-electron chi connectivity index (χ0n) is 9.43. The fraction of sp³-hybridized carbons (Fsp3) is 0.417. The van der Waals surface area contributed by atoms with E-state index in [2.05, 4.69) is 0 Å². The maximum absolute atomic E-state index is 11.2. The standard InChI is InChI=1S/C12H15ClO4/c1-7(15)9-3-2-8(6-10(9)13)12(17)11(16)4-5-14/h2-3,6,11-12,14,16-17H,4-5H2,1H3. The Morgan fingerprint density at radius 2 is 2.06 bits per heavy atom. The molecule has 3 N–H and O–H groups in total. The summed E-state index contributed by atoms with van der Waals surface area (Å²) in [6.07, 6.45) is -2.10. The largest absolute Gasteiger partial charge is 0.396 e. The maximum Gasteiger partial charge on any atom is 0.161 e. The lowest BCUT2D eigenvalue weighted by molar-refractivity contribution is 0.00422. The van der Waals surface area contributed by atoms with E-state index < -0.39 is 12.2 Å². The SMILES string of the molecule is CC(=O)c1ccc(C(O)C(O)CCO)cc1Cl. The second kappa shape index (κ2) is 6.12. The molecule has 0 fully saturated rings. The topological polar surface area (TPSA) is 77.8 Å². The second-order valence-electron chi connectivity index (χ2n) is 3.82. The van der Waals surface area contributed by atoms with E-state index in [1.807, 2.05) is 0 Å². The molecule has 94 valence electrons.